The van der Waals surface area contributed by atoms with Crippen molar-refractivity contribution in [2.75, 3.05) is 12.4 Å². The lowest BCUT2D eigenvalue weighted by Crippen LogP contribution is -2.13. The van der Waals surface area contributed by atoms with Gasteiger partial charge in [-0.1, -0.05) is 59.6 Å². The monoisotopic (exact) mass is 395 g/mol. The van der Waals surface area contributed by atoms with Crippen molar-refractivity contribution in [3.63, 3.8) is 0 Å². The van der Waals surface area contributed by atoms with Gasteiger partial charge in [-0.2, -0.15) is 0 Å². The topological polar surface area (TPSA) is 47.6 Å². The average molecular weight is 396 g/mol. The Morgan fingerprint density at radius 2 is 1.79 bits per heavy atom. The van der Waals surface area contributed by atoms with Gasteiger partial charge in [0.1, 0.15) is 6.61 Å². The standard InChI is InChI=1S/C23H22ClNO3/c1-15-9-10-20(16(2)11-15)25-23(26)18-12-19(24)22(27-3)21(13-18)28-14-17-7-5-4-6-8-17/h4-13H,14H2,1-3H3,(H,25,26). The van der Waals surface area contributed by atoms with Crippen LogP contribution in [0.15, 0.2) is 60.7 Å². The summed E-state index contributed by atoms with van der Waals surface area (Å²) >= 11 is 6.33. The Morgan fingerprint density at radius 3 is 2.46 bits per heavy atom. The highest BCUT2D eigenvalue weighted by Crippen LogP contribution is 2.37. The van der Waals surface area contributed by atoms with E-state index in [0.717, 1.165) is 22.4 Å². The van der Waals surface area contributed by atoms with E-state index in [1.165, 1.54) is 7.11 Å². The van der Waals surface area contributed by atoms with E-state index in [-0.39, 0.29) is 5.91 Å². The summed E-state index contributed by atoms with van der Waals surface area (Å²) in [6, 6.07) is 18.8. The Labute approximate surface area is 170 Å². The summed E-state index contributed by atoms with van der Waals surface area (Å²) in [4.78, 5) is 12.8. The molecular formula is C23H22ClNO3. The van der Waals surface area contributed by atoms with Gasteiger partial charge in [-0.3, -0.25) is 4.79 Å². The second-order valence-electron chi connectivity index (χ2n) is 6.54. The van der Waals surface area contributed by atoms with E-state index in [4.69, 9.17) is 21.1 Å². The fourth-order valence-electron chi connectivity index (χ4n) is 2.89. The first-order valence-electron chi connectivity index (χ1n) is 8.91. The van der Waals surface area contributed by atoms with Crippen LogP contribution in [-0.4, -0.2) is 13.0 Å². The van der Waals surface area contributed by atoms with Gasteiger partial charge in [0.2, 0.25) is 0 Å². The van der Waals surface area contributed by atoms with E-state index in [1.54, 1.807) is 12.1 Å². The molecule has 0 radical (unpaired) electrons. The lowest BCUT2D eigenvalue weighted by atomic mass is 10.1. The van der Waals surface area contributed by atoms with E-state index in [9.17, 15) is 4.79 Å². The Balaban J connectivity index is 1.84. The lowest BCUT2D eigenvalue weighted by Gasteiger charge is -2.15. The predicted molar refractivity (Wildman–Crippen MR) is 113 cm³/mol. The fraction of sp³-hybridized carbons (Fsp3) is 0.174. The molecule has 0 aliphatic rings. The fourth-order valence-corrected chi connectivity index (χ4v) is 3.18. The highest BCUT2D eigenvalue weighted by atomic mass is 35.5. The van der Waals surface area contributed by atoms with Crippen LogP contribution < -0.4 is 14.8 Å². The van der Waals surface area contributed by atoms with Crippen LogP contribution in [0.3, 0.4) is 0 Å². The van der Waals surface area contributed by atoms with Gasteiger partial charge in [-0.15, -0.1) is 0 Å². The van der Waals surface area contributed by atoms with Crippen LogP contribution in [0.25, 0.3) is 0 Å². The minimum atomic E-state index is -0.263. The number of methoxy groups -OCH3 is 1. The number of carbonyl (C=O) groups is 1. The molecule has 0 aliphatic heterocycles. The summed E-state index contributed by atoms with van der Waals surface area (Å²) in [6.45, 7) is 4.31. The van der Waals surface area contributed by atoms with E-state index in [0.29, 0.717) is 28.7 Å². The minimum absolute atomic E-state index is 0.263. The molecule has 1 amide bonds. The molecular weight excluding hydrogens is 374 g/mol. The Bertz CT molecular complexity index is 987. The van der Waals surface area contributed by atoms with E-state index >= 15 is 0 Å². The van der Waals surface area contributed by atoms with Crippen molar-refractivity contribution in [1.82, 2.24) is 0 Å². The molecule has 0 unspecified atom stereocenters. The van der Waals surface area contributed by atoms with E-state index < -0.39 is 0 Å². The molecule has 0 saturated carbocycles. The molecule has 1 N–H and O–H groups in total. The first-order chi connectivity index (χ1) is 13.5. The maximum atomic E-state index is 12.8. The summed E-state index contributed by atoms with van der Waals surface area (Å²) < 4.78 is 11.2. The average Bonchev–Trinajstić information content (AvgIpc) is 2.69. The first kappa shape index (κ1) is 19.8. The van der Waals surface area contributed by atoms with Gasteiger partial charge in [0.25, 0.3) is 5.91 Å². The van der Waals surface area contributed by atoms with Crippen LogP contribution in [-0.2, 0) is 6.61 Å². The van der Waals surface area contributed by atoms with E-state index in [1.807, 2.05) is 62.4 Å². The highest BCUT2D eigenvalue weighted by molar-refractivity contribution is 6.32. The SMILES string of the molecule is COc1c(Cl)cc(C(=O)Nc2ccc(C)cc2C)cc1OCc1ccccc1. The number of benzene rings is 3. The van der Waals surface area contributed by atoms with Gasteiger partial charge in [-0.25, -0.2) is 0 Å². The zero-order valence-electron chi connectivity index (χ0n) is 16.1. The van der Waals surface area contributed by atoms with E-state index in [2.05, 4.69) is 5.32 Å². The summed E-state index contributed by atoms with van der Waals surface area (Å²) in [5.41, 5.74) is 4.29. The smallest absolute Gasteiger partial charge is 0.255 e. The van der Waals surface area contributed by atoms with Gasteiger partial charge in [-0.05, 0) is 43.2 Å². The Hall–Kier alpha value is -2.98. The molecule has 28 heavy (non-hydrogen) atoms. The number of ether oxygens (including phenoxy) is 2. The van der Waals surface area contributed by atoms with Crippen molar-refractivity contribution in [1.29, 1.82) is 0 Å². The van der Waals surface area contributed by atoms with Crippen molar-refractivity contribution in [2.24, 2.45) is 0 Å². The molecule has 0 bridgehead atoms. The van der Waals surface area contributed by atoms with Crippen molar-refractivity contribution in [3.05, 3.63) is 87.9 Å². The zero-order valence-corrected chi connectivity index (χ0v) is 16.8. The molecule has 0 saturated heterocycles. The molecule has 3 aromatic rings. The largest absolute Gasteiger partial charge is 0.491 e. The number of hydrogen-bond donors (Lipinski definition) is 1. The van der Waals surface area contributed by atoms with Crippen LogP contribution in [0.4, 0.5) is 5.69 Å². The number of rotatable bonds is 6. The molecule has 0 aliphatic carbocycles. The number of nitrogens with one attached hydrogen (secondary N) is 1. The van der Waals surface area contributed by atoms with Gasteiger partial charge in [0, 0.05) is 11.3 Å². The molecule has 0 spiro atoms. The minimum Gasteiger partial charge on any atom is -0.491 e. The second kappa shape index (κ2) is 8.81. The second-order valence-corrected chi connectivity index (χ2v) is 6.94. The number of hydrogen-bond acceptors (Lipinski definition) is 3. The molecule has 0 heterocycles. The van der Waals surface area contributed by atoms with Crippen LogP contribution in [0.2, 0.25) is 5.02 Å². The number of aryl methyl sites for hydroxylation is 2. The molecule has 144 valence electrons. The molecule has 3 rings (SSSR count). The Morgan fingerprint density at radius 1 is 1.04 bits per heavy atom. The van der Waals surface area contributed by atoms with Crippen LogP contribution in [0.5, 0.6) is 11.5 Å². The summed E-state index contributed by atoms with van der Waals surface area (Å²) in [6.07, 6.45) is 0. The van der Waals surface area contributed by atoms with Crippen LogP contribution in [0, 0.1) is 13.8 Å². The van der Waals surface area contributed by atoms with Crippen LogP contribution in [0.1, 0.15) is 27.0 Å². The summed E-state index contributed by atoms with van der Waals surface area (Å²) in [5.74, 6) is 0.561. The van der Waals surface area contributed by atoms with Gasteiger partial charge in [0.15, 0.2) is 11.5 Å². The lowest BCUT2D eigenvalue weighted by molar-refractivity contribution is 0.102. The summed E-state index contributed by atoms with van der Waals surface area (Å²) in [7, 11) is 1.52. The number of carbonyl (C=O) groups excluding carboxylic acids is 1. The normalized spacial score (nSPS) is 10.4. The quantitative estimate of drug-likeness (QED) is 0.574. The molecule has 5 heteroatoms. The van der Waals surface area contributed by atoms with Crippen molar-refractivity contribution in [3.8, 4) is 11.5 Å². The maximum Gasteiger partial charge on any atom is 0.255 e. The third-order valence-electron chi connectivity index (χ3n) is 4.34. The van der Waals surface area contributed by atoms with Gasteiger partial charge < -0.3 is 14.8 Å². The van der Waals surface area contributed by atoms with Crippen LogP contribution >= 0.6 is 11.6 Å². The zero-order chi connectivity index (χ0) is 20.1. The number of halogens is 1. The molecule has 0 fully saturated rings. The molecule has 0 atom stereocenters. The molecule has 4 nitrogen and oxygen atoms in total. The summed E-state index contributed by atoms with van der Waals surface area (Å²) in [5, 5.41) is 3.24. The Kier molecular flexibility index (Phi) is 6.22. The maximum absolute atomic E-state index is 12.8. The van der Waals surface area contributed by atoms with Gasteiger partial charge in [0.05, 0.1) is 12.1 Å². The first-order valence-corrected chi connectivity index (χ1v) is 9.28. The third kappa shape index (κ3) is 4.65. The number of anilines is 1. The highest BCUT2D eigenvalue weighted by Gasteiger charge is 2.17. The molecule has 3 aromatic carbocycles. The predicted octanol–water partition coefficient (Wildman–Crippen LogP) is 5.80. The van der Waals surface area contributed by atoms with Crippen molar-refractivity contribution >= 4 is 23.2 Å². The van der Waals surface area contributed by atoms with Crippen molar-refractivity contribution in [2.45, 2.75) is 20.5 Å². The van der Waals surface area contributed by atoms with Crippen molar-refractivity contribution < 1.29 is 14.3 Å². The third-order valence-corrected chi connectivity index (χ3v) is 4.62. The van der Waals surface area contributed by atoms with Gasteiger partial charge >= 0.3 is 0 Å². The molecule has 0 aromatic heterocycles. The number of amides is 1.